The Balaban J connectivity index is 1.56. The molecule has 192 valence electrons. The third kappa shape index (κ3) is 5.40. The third-order valence-corrected chi connectivity index (χ3v) is 5.80. The SMILES string of the molecule is CCn1c(CNC(=O)c2nc3cc[nH]c3nc2N)[n+](CCOCCOCCO)c2ccc(OC)cc21. The number of aryl methyl sites for hydroxylation is 1. The van der Waals surface area contributed by atoms with Crippen LogP contribution in [0.15, 0.2) is 30.5 Å². The highest BCUT2D eigenvalue weighted by Crippen LogP contribution is 2.21. The third-order valence-electron chi connectivity index (χ3n) is 5.80. The number of amides is 1. The van der Waals surface area contributed by atoms with Gasteiger partial charge in [-0.25, -0.2) is 19.1 Å². The van der Waals surface area contributed by atoms with Crippen molar-refractivity contribution in [1.29, 1.82) is 0 Å². The van der Waals surface area contributed by atoms with E-state index in [-0.39, 0.29) is 24.7 Å². The van der Waals surface area contributed by atoms with Gasteiger partial charge in [-0.05, 0) is 25.1 Å². The lowest BCUT2D eigenvalue weighted by Crippen LogP contribution is -2.43. The Labute approximate surface area is 208 Å². The molecule has 3 aromatic heterocycles. The van der Waals surface area contributed by atoms with E-state index in [1.54, 1.807) is 19.4 Å². The number of aromatic nitrogens is 5. The summed E-state index contributed by atoms with van der Waals surface area (Å²) in [4.78, 5) is 24.5. The molecule has 0 saturated carbocycles. The van der Waals surface area contributed by atoms with E-state index in [0.29, 0.717) is 50.7 Å². The molecule has 12 heteroatoms. The van der Waals surface area contributed by atoms with Crippen molar-refractivity contribution in [3.8, 4) is 5.75 Å². The Bertz CT molecular complexity index is 1330. The van der Waals surface area contributed by atoms with Crippen molar-refractivity contribution in [2.45, 2.75) is 26.6 Å². The molecule has 12 nitrogen and oxygen atoms in total. The van der Waals surface area contributed by atoms with Gasteiger partial charge in [0, 0.05) is 12.3 Å². The number of nitrogen functional groups attached to an aromatic ring is 1. The van der Waals surface area contributed by atoms with Crippen LogP contribution in [0.25, 0.3) is 22.2 Å². The minimum absolute atomic E-state index is 0.0127. The number of nitrogens with zero attached hydrogens (tertiary/aromatic N) is 4. The van der Waals surface area contributed by atoms with Crippen LogP contribution in [0.3, 0.4) is 0 Å². The normalized spacial score (nSPS) is 11.4. The number of nitrogens with two attached hydrogens (primary N) is 1. The van der Waals surface area contributed by atoms with Crippen molar-refractivity contribution in [1.82, 2.24) is 24.8 Å². The molecule has 1 amide bonds. The van der Waals surface area contributed by atoms with Crippen LogP contribution in [0, 0.1) is 0 Å². The zero-order valence-corrected chi connectivity index (χ0v) is 20.5. The predicted molar refractivity (Wildman–Crippen MR) is 133 cm³/mol. The number of carbonyl (C=O) groups excluding carboxylic acids is 1. The molecular formula is C24H32N7O5+. The van der Waals surface area contributed by atoms with Crippen molar-refractivity contribution in [3.63, 3.8) is 0 Å². The van der Waals surface area contributed by atoms with Crippen molar-refractivity contribution in [2.75, 3.05) is 45.9 Å². The lowest BCUT2D eigenvalue weighted by atomic mass is 10.3. The standard InChI is InChI=1S/C24H31N7O5/c1-3-30-19-14-16(34-2)4-5-18(19)31(8-10-35-12-13-36-11-9-32)20(30)15-27-24(33)21-22(25)29-23-17(28-21)6-7-26-23/h4-7,14,32H,3,8-13,15H2,1-2H3,(H3-,25,26,27,28,29,33)/p+1. The van der Waals surface area contributed by atoms with Crippen LogP contribution in [-0.2, 0) is 29.1 Å². The van der Waals surface area contributed by atoms with Crippen LogP contribution in [0.2, 0.25) is 0 Å². The second-order valence-electron chi connectivity index (χ2n) is 7.97. The number of hydrogen-bond donors (Lipinski definition) is 4. The van der Waals surface area contributed by atoms with Crippen LogP contribution in [0.1, 0.15) is 23.2 Å². The Morgan fingerprint density at radius 3 is 2.75 bits per heavy atom. The van der Waals surface area contributed by atoms with Crippen LogP contribution < -0.4 is 20.4 Å². The molecule has 36 heavy (non-hydrogen) atoms. The molecule has 3 heterocycles. The number of aromatic amines is 1. The number of fused-ring (bicyclic) bond motifs is 2. The second kappa shape index (κ2) is 11.8. The van der Waals surface area contributed by atoms with Crippen LogP contribution >= 0.6 is 0 Å². The van der Waals surface area contributed by atoms with Crippen molar-refractivity contribution in [2.24, 2.45) is 0 Å². The summed E-state index contributed by atoms with van der Waals surface area (Å²) in [7, 11) is 1.63. The van der Waals surface area contributed by atoms with E-state index in [1.807, 2.05) is 25.1 Å². The number of ether oxygens (including phenoxy) is 3. The number of H-pyrrole nitrogens is 1. The zero-order valence-electron chi connectivity index (χ0n) is 20.5. The molecule has 4 rings (SSSR count). The van der Waals surface area contributed by atoms with Gasteiger partial charge in [0.05, 0.1) is 46.7 Å². The summed E-state index contributed by atoms with van der Waals surface area (Å²) < 4.78 is 20.7. The van der Waals surface area contributed by atoms with Crippen molar-refractivity contribution in [3.05, 3.63) is 42.0 Å². The molecule has 5 N–H and O–H groups in total. The van der Waals surface area contributed by atoms with Gasteiger partial charge in [-0.15, -0.1) is 0 Å². The lowest BCUT2D eigenvalue weighted by Gasteiger charge is -2.08. The van der Waals surface area contributed by atoms with E-state index in [9.17, 15) is 4.79 Å². The summed E-state index contributed by atoms with van der Waals surface area (Å²) in [5.74, 6) is 1.30. The predicted octanol–water partition coefficient (Wildman–Crippen LogP) is 0.766. The average molecular weight is 499 g/mol. The highest BCUT2D eigenvalue weighted by atomic mass is 16.5. The van der Waals surface area contributed by atoms with Crippen molar-refractivity contribution < 1.29 is 28.7 Å². The minimum atomic E-state index is -0.405. The van der Waals surface area contributed by atoms with E-state index in [1.165, 1.54) is 0 Å². The molecule has 0 saturated heterocycles. The minimum Gasteiger partial charge on any atom is -0.497 e. The summed E-state index contributed by atoms with van der Waals surface area (Å²) in [5, 5.41) is 11.8. The van der Waals surface area contributed by atoms with Gasteiger partial charge in [0.25, 0.3) is 11.7 Å². The fourth-order valence-corrected chi connectivity index (χ4v) is 4.13. The maximum Gasteiger partial charge on any atom is 0.277 e. The number of benzene rings is 1. The van der Waals surface area contributed by atoms with Crippen LogP contribution in [-0.4, -0.2) is 70.7 Å². The smallest absolute Gasteiger partial charge is 0.277 e. The molecule has 1 aromatic carbocycles. The number of rotatable bonds is 13. The molecule has 0 aliphatic carbocycles. The number of methoxy groups -OCH3 is 1. The van der Waals surface area contributed by atoms with Gasteiger partial charge < -0.3 is 35.4 Å². The molecule has 0 unspecified atom stereocenters. The maximum atomic E-state index is 13.0. The molecule has 4 aromatic rings. The molecule has 0 aliphatic heterocycles. The van der Waals surface area contributed by atoms with Gasteiger partial charge >= 0.3 is 0 Å². The van der Waals surface area contributed by atoms with Crippen molar-refractivity contribution >= 4 is 33.9 Å². The zero-order chi connectivity index (χ0) is 25.5. The molecule has 0 bridgehead atoms. The number of anilines is 1. The van der Waals surface area contributed by atoms with Gasteiger partial charge in [0.2, 0.25) is 0 Å². The summed E-state index contributed by atoms with van der Waals surface area (Å²) in [5.41, 5.74) is 9.17. The van der Waals surface area contributed by atoms with Crippen LogP contribution in [0.5, 0.6) is 5.75 Å². The van der Waals surface area contributed by atoms with E-state index < -0.39 is 5.91 Å². The highest BCUT2D eigenvalue weighted by molar-refractivity contribution is 5.98. The van der Waals surface area contributed by atoms with E-state index >= 15 is 0 Å². The first kappa shape index (κ1) is 25.4. The number of nitrogens with one attached hydrogen (secondary N) is 2. The molecule has 0 atom stereocenters. The van der Waals surface area contributed by atoms with Crippen LogP contribution in [0.4, 0.5) is 5.82 Å². The van der Waals surface area contributed by atoms with Gasteiger partial charge in [0.1, 0.15) is 24.4 Å². The number of aliphatic hydroxyl groups excluding tert-OH is 1. The van der Waals surface area contributed by atoms with E-state index in [0.717, 1.165) is 22.6 Å². The fraction of sp³-hybridized carbons (Fsp3) is 0.417. The molecule has 0 aliphatic rings. The average Bonchev–Trinajstić information content (AvgIpc) is 3.46. The van der Waals surface area contributed by atoms with E-state index in [4.69, 9.17) is 25.1 Å². The first-order valence-electron chi connectivity index (χ1n) is 11.8. The first-order chi connectivity index (χ1) is 17.6. The summed E-state index contributed by atoms with van der Waals surface area (Å²) >= 11 is 0. The lowest BCUT2D eigenvalue weighted by molar-refractivity contribution is -0.681. The Hall–Kier alpha value is -3.74. The van der Waals surface area contributed by atoms with Gasteiger partial charge in [0.15, 0.2) is 28.2 Å². The molecular weight excluding hydrogens is 466 g/mol. The first-order valence-corrected chi connectivity index (χ1v) is 11.8. The molecule has 0 radical (unpaired) electrons. The molecule has 0 spiro atoms. The van der Waals surface area contributed by atoms with E-state index in [2.05, 4.69) is 29.4 Å². The molecule has 0 fully saturated rings. The quantitative estimate of drug-likeness (QED) is 0.156. The number of hydrogen-bond acceptors (Lipinski definition) is 8. The number of carbonyl (C=O) groups is 1. The van der Waals surface area contributed by atoms with Gasteiger partial charge in [-0.1, -0.05) is 0 Å². The maximum absolute atomic E-state index is 13.0. The topological polar surface area (TPSA) is 153 Å². The summed E-state index contributed by atoms with van der Waals surface area (Å²) in [6.07, 6.45) is 1.70. The number of aliphatic hydroxyl groups is 1. The number of imidazole rings is 1. The Morgan fingerprint density at radius 1 is 1.19 bits per heavy atom. The van der Waals surface area contributed by atoms with Gasteiger partial charge in [-0.2, -0.15) is 0 Å². The Morgan fingerprint density at radius 2 is 2.00 bits per heavy atom. The summed E-state index contributed by atoms with van der Waals surface area (Å²) in [6.45, 7) is 5.12. The Kier molecular flexibility index (Phi) is 8.31. The van der Waals surface area contributed by atoms with Gasteiger partial charge in [-0.3, -0.25) is 4.79 Å². The summed E-state index contributed by atoms with van der Waals surface area (Å²) in [6, 6.07) is 7.63. The monoisotopic (exact) mass is 498 g/mol. The highest BCUT2D eigenvalue weighted by Gasteiger charge is 2.26. The second-order valence-corrected chi connectivity index (χ2v) is 7.97. The fourth-order valence-electron chi connectivity index (χ4n) is 4.13. The largest absolute Gasteiger partial charge is 0.497 e.